The Morgan fingerprint density at radius 2 is 1.84 bits per heavy atom. The van der Waals surface area contributed by atoms with Crippen molar-refractivity contribution in [2.24, 2.45) is 4.99 Å². The summed E-state index contributed by atoms with van der Waals surface area (Å²) in [5, 5.41) is 0.0840. The number of nitrogens with two attached hydrogens (primary N) is 1. The SMILES string of the molecule is Nc1c(Cl)cc(CC(c2cc3c(c(-c4ccc(F)cc4)n2)OCC3C(F)F)C(F)(F)F)cc1C=NC1CC1. The Morgan fingerprint density at radius 3 is 2.47 bits per heavy atom. The second-order valence-corrected chi connectivity index (χ2v) is 9.87. The van der Waals surface area contributed by atoms with Crippen LogP contribution in [-0.2, 0) is 6.42 Å². The second kappa shape index (κ2) is 10.1. The van der Waals surface area contributed by atoms with Crippen LogP contribution in [0.2, 0.25) is 5.02 Å². The first-order valence-electron chi connectivity index (χ1n) is 11.9. The number of hydrogen-bond donors (Lipinski definition) is 1. The van der Waals surface area contributed by atoms with E-state index in [4.69, 9.17) is 22.1 Å². The summed E-state index contributed by atoms with van der Waals surface area (Å²) >= 11 is 6.23. The summed E-state index contributed by atoms with van der Waals surface area (Å²) < 4.78 is 89.9. The number of hydrogen-bond acceptors (Lipinski definition) is 4. The molecule has 2 unspecified atom stereocenters. The smallest absolute Gasteiger partial charge is 0.397 e. The van der Waals surface area contributed by atoms with Crippen LogP contribution in [0.25, 0.3) is 11.3 Å². The number of nitrogen functional groups attached to an aromatic ring is 1. The van der Waals surface area contributed by atoms with Gasteiger partial charge in [0.05, 0.1) is 28.4 Å². The molecule has 0 amide bonds. The number of ether oxygens (including phenoxy) is 1. The molecule has 38 heavy (non-hydrogen) atoms. The van der Waals surface area contributed by atoms with E-state index in [9.17, 15) is 26.3 Å². The third-order valence-corrected chi connectivity index (χ3v) is 6.95. The fraction of sp³-hybridized carbons (Fsp3) is 0.333. The normalized spacial score (nSPS) is 18.2. The molecule has 2 aromatic carbocycles. The molecule has 4 nitrogen and oxygen atoms in total. The number of anilines is 1. The molecule has 0 radical (unpaired) electrons. The predicted molar refractivity (Wildman–Crippen MR) is 133 cm³/mol. The van der Waals surface area contributed by atoms with Crippen molar-refractivity contribution in [2.75, 3.05) is 12.3 Å². The molecule has 5 rings (SSSR count). The highest BCUT2D eigenvalue weighted by Gasteiger charge is 2.44. The summed E-state index contributed by atoms with van der Waals surface area (Å²) in [6.45, 7) is -0.403. The lowest BCUT2D eigenvalue weighted by molar-refractivity contribution is -0.151. The van der Waals surface area contributed by atoms with E-state index >= 15 is 0 Å². The summed E-state index contributed by atoms with van der Waals surface area (Å²) in [5.74, 6) is -4.17. The zero-order chi connectivity index (χ0) is 27.2. The van der Waals surface area contributed by atoms with Gasteiger partial charge in [0.25, 0.3) is 0 Å². The Bertz CT molecular complexity index is 1370. The van der Waals surface area contributed by atoms with Gasteiger partial charge in [-0.1, -0.05) is 11.6 Å². The molecule has 1 fully saturated rings. The summed E-state index contributed by atoms with van der Waals surface area (Å²) in [6.07, 6.45) is -4.83. The second-order valence-electron chi connectivity index (χ2n) is 9.46. The van der Waals surface area contributed by atoms with Gasteiger partial charge in [0.15, 0.2) is 0 Å². The number of alkyl halides is 5. The average Bonchev–Trinajstić information content (AvgIpc) is 3.59. The van der Waals surface area contributed by atoms with Crippen LogP contribution in [0.15, 0.2) is 47.5 Å². The molecule has 2 heterocycles. The van der Waals surface area contributed by atoms with Gasteiger partial charge in [-0.05, 0) is 67.3 Å². The molecule has 2 atom stereocenters. The van der Waals surface area contributed by atoms with Gasteiger partial charge < -0.3 is 10.5 Å². The fourth-order valence-electron chi connectivity index (χ4n) is 4.41. The predicted octanol–water partition coefficient (Wildman–Crippen LogP) is 7.33. The lowest BCUT2D eigenvalue weighted by Crippen LogP contribution is -2.24. The topological polar surface area (TPSA) is 60.5 Å². The Morgan fingerprint density at radius 1 is 1.13 bits per heavy atom. The molecule has 1 aliphatic heterocycles. The van der Waals surface area contributed by atoms with Crippen molar-refractivity contribution in [1.29, 1.82) is 0 Å². The molecular formula is C27H22ClF6N3O. The van der Waals surface area contributed by atoms with Crippen LogP contribution >= 0.6 is 11.6 Å². The molecule has 1 saturated carbocycles. The maximum Gasteiger partial charge on any atom is 0.397 e. The highest BCUT2D eigenvalue weighted by atomic mass is 35.5. The van der Waals surface area contributed by atoms with Crippen LogP contribution in [0.1, 0.15) is 47.1 Å². The maximum atomic E-state index is 14.5. The van der Waals surface area contributed by atoms with Crippen molar-refractivity contribution in [3.8, 4) is 17.0 Å². The van der Waals surface area contributed by atoms with Crippen LogP contribution in [-0.4, -0.2) is 36.4 Å². The van der Waals surface area contributed by atoms with Gasteiger partial charge >= 0.3 is 6.18 Å². The third-order valence-electron chi connectivity index (χ3n) is 6.63. The van der Waals surface area contributed by atoms with Crippen molar-refractivity contribution >= 4 is 23.5 Å². The first kappa shape index (κ1) is 26.3. The van der Waals surface area contributed by atoms with E-state index in [1.807, 2.05) is 0 Å². The van der Waals surface area contributed by atoms with Gasteiger partial charge in [-0.2, -0.15) is 13.2 Å². The summed E-state index contributed by atoms with van der Waals surface area (Å²) in [4.78, 5) is 8.58. The number of fused-ring (bicyclic) bond motifs is 1. The number of halogens is 7. The van der Waals surface area contributed by atoms with Crippen molar-refractivity contribution in [1.82, 2.24) is 4.98 Å². The number of rotatable bonds is 7. The van der Waals surface area contributed by atoms with Gasteiger partial charge in [-0.3, -0.25) is 4.99 Å². The number of benzene rings is 2. The minimum Gasteiger partial charge on any atom is -0.490 e. The van der Waals surface area contributed by atoms with E-state index in [1.165, 1.54) is 30.5 Å². The van der Waals surface area contributed by atoms with Gasteiger partial charge in [0.1, 0.15) is 29.8 Å². The zero-order valence-corrected chi connectivity index (χ0v) is 20.5. The molecule has 0 spiro atoms. The average molecular weight is 554 g/mol. The van der Waals surface area contributed by atoms with Gasteiger partial charge in [0.2, 0.25) is 6.43 Å². The standard InChI is InChI=1S/C27H22ClF6N3O/c28-21-9-13(7-15(23(21)35)11-36-17-5-6-17)8-20(27(32,33)34)22-10-18-19(26(30)31)12-38-25(18)24(37-22)14-1-3-16(29)4-2-14/h1-4,7,9-11,17,19-20,26H,5-6,8,12,35H2. The Hall–Kier alpha value is -3.27. The number of aliphatic imine (C=N–C) groups is 1. The molecule has 1 aliphatic carbocycles. The minimum absolute atomic E-state index is 0.0271. The quantitative estimate of drug-likeness (QED) is 0.189. The summed E-state index contributed by atoms with van der Waals surface area (Å²) in [6, 6.07) is 8.90. The molecule has 0 saturated heterocycles. The maximum absolute atomic E-state index is 14.5. The highest BCUT2D eigenvalue weighted by molar-refractivity contribution is 6.33. The fourth-order valence-corrected chi connectivity index (χ4v) is 4.66. The van der Waals surface area contributed by atoms with Crippen LogP contribution in [0.4, 0.5) is 32.0 Å². The van der Waals surface area contributed by atoms with Crippen LogP contribution < -0.4 is 10.5 Å². The van der Waals surface area contributed by atoms with Crippen LogP contribution in [0.5, 0.6) is 5.75 Å². The van der Waals surface area contributed by atoms with E-state index < -0.39 is 49.0 Å². The van der Waals surface area contributed by atoms with Crippen LogP contribution in [0.3, 0.4) is 0 Å². The van der Waals surface area contributed by atoms with E-state index in [0.717, 1.165) is 31.0 Å². The van der Waals surface area contributed by atoms with Gasteiger partial charge in [0, 0.05) is 22.9 Å². The molecule has 2 aliphatic rings. The number of nitrogens with zero attached hydrogens (tertiary/aromatic N) is 2. The first-order chi connectivity index (χ1) is 18.0. The number of pyridine rings is 1. The van der Waals surface area contributed by atoms with Crippen molar-refractivity contribution in [2.45, 2.75) is 49.7 Å². The van der Waals surface area contributed by atoms with Crippen molar-refractivity contribution in [3.63, 3.8) is 0 Å². The summed E-state index contributed by atoms with van der Waals surface area (Å²) in [5.41, 5.74) is 6.53. The van der Waals surface area contributed by atoms with Crippen molar-refractivity contribution < 1.29 is 31.1 Å². The monoisotopic (exact) mass is 553 g/mol. The lowest BCUT2D eigenvalue weighted by atomic mass is 9.90. The van der Waals surface area contributed by atoms with E-state index in [0.29, 0.717) is 5.56 Å². The minimum atomic E-state index is -4.78. The summed E-state index contributed by atoms with van der Waals surface area (Å²) in [7, 11) is 0. The first-order valence-corrected chi connectivity index (χ1v) is 12.3. The zero-order valence-electron chi connectivity index (χ0n) is 19.8. The molecule has 200 valence electrons. The Kier molecular flexibility index (Phi) is 7.02. The molecule has 3 aromatic rings. The van der Waals surface area contributed by atoms with E-state index in [2.05, 4.69) is 9.98 Å². The Balaban J connectivity index is 1.60. The van der Waals surface area contributed by atoms with Gasteiger partial charge in [-0.15, -0.1) is 0 Å². The largest absolute Gasteiger partial charge is 0.490 e. The Labute approximate surface area is 219 Å². The van der Waals surface area contributed by atoms with E-state index in [1.54, 1.807) is 0 Å². The molecule has 2 N–H and O–H groups in total. The highest BCUT2D eigenvalue weighted by Crippen LogP contribution is 2.47. The van der Waals surface area contributed by atoms with Gasteiger partial charge in [-0.25, -0.2) is 18.2 Å². The van der Waals surface area contributed by atoms with Crippen LogP contribution in [0, 0.1) is 5.82 Å². The molecule has 0 bridgehead atoms. The lowest BCUT2D eigenvalue weighted by Gasteiger charge is -2.23. The molecule has 1 aromatic heterocycles. The number of aromatic nitrogens is 1. The molecule has 11 heteroatoms. The third kappa shape index (κ3) is 5.45. The van der Waals surface area contributed by atoms with Crippen molar-refractivity contribution in [3.05, 3.63) is 75.7 Å². The van der Waals surface area contributed by atoms with E-state index in [-0.39, 0.29) is 44.9 Å². The molecular weight excluding hydrogens is 532 g/mol.